The first-order valence-electron chi connectivity index (χ1n) is 9.92. The monoisotopic (exact) mass is 296 g/mol. The number of rotatable bonds is 14. The summed E-state index contributed by atoms with van der Waals surface area (Å²) in [5.74, 6) is 0.897. The van der Waals surface area contributed by atoms with Gasteiger partial charge >= 0.3 is 0 Å². The highest BCUT2D eigenvalue weighted by molar-refractivity contribution is 4.61. The Morgan fingerprint density at radius 2 is 0.857 bits per heavy atom. The first-order valence-corrected chi connectivity index (χ1v) is 9.92. The normalized spacial score (nSPS) is 12.3. The van der Waals surface area contributed by atoms with E-state index in [1.165, 1.54) is 89.9 Å². The fourth-order valence-corrected chi connectivity index (χ4v) is 2.98. The van der Waals surface area contributed by atoms with E-state index in [9.17, 15) is 0 Å². The molecule has 0 N–H and O–H groups in total. The molecule has 0 aromatic carbocycles. The van der Waals surface area contributed by atoms with Gasteiger partial charge in [-0.15, -0.1) is 0 Å². The third kappa shape index (κ3) is 20.0. The third-order valence-electron chi connectivity index (χ3n) is 4.46. The van der Waals surface area contributed by atoms with Gasteiger partial charge in [0.1, 0.15) is 0 Å². The summed E-state index contributed by atoms with van der Waals surface area (Å²) in [4.78, 5) is 0. The highest BCUT2D eigenvalue weighted by atomic mass is 14.1. The standard InChI is InChI=1S/C21H44/c1-20(2)18-16-14-12-10-8-6-7-9-11-13-15-17-19-21(3,4)5/h20H,6-19H2,1-5H3. The first-order chi connectivity index (χ1) is 9.92. The molecular weight excluding hydrogens is 252 g/mol. The van der Waals surface area contributed by atoms with Crippen LogP contribution in [0.3, 0.4) is 0 Å². The first kappa shape index (κ1) is 21.0. The molecule has 0 fully saturated rings. The maximum Gasteiger partial charge on any atom is -0.0383 e. The Morgan fingerprint density at radius 3 is 1.19 bits per heavy atom. The van der Waals surface area contributed by atoms with E-state index in [0.29, 0.717) is 5.41 Å². The number of hydrogen-bond acceptors (Lipinski definition) is 0. The predicted octanol–water partition coefficient (Wildman–Crippen LogP) is 8.15. The Bertz CT molecular complexity index is 197. The van der Waals surface area contributed by atoms with Crippen molar-refractivity contribution in [2.45, 2.75) is 125 Å². The second-order valence-electron chi connectivity index (χ2n) is 8.74. The van der Waals surface area contributed by atoms with E-state index in [1.54, 1.807) is 0 Å². The summed E-state index contributed by atoms with van der Waals surface area (Å²) in [6.45, 7) is 11.7. The number of unbranched alkanes of at least 4 members (excludes halogenated alkanes) is 11. The van der Waals surface area contributed by atoms with Gasteiger partial charge in [-0.3, -0.25) is 0 Å². The minimum Gasteiger partial charge on any atom is -0.0628 e. The lowest BCUT2D eigenvalue weighted by atomic mass is 9.89. The van der Waals surface area contributed by atoms with Crippen LogP contribution in [0.1, 0.15) is 125 Å². The van der Waals surface area contributed by atoms with Crippen LogP contribution in [0.4, 0.5) is 0 Å². The van der Waals surface area contributed by atoms with Gasteiger partial charge in [0.2, 0.25) is 0 Å². The van der Waals surface area contributed by atoms with E-state index in [1.807, 2.05) is 0 Å². The summed E-state index contributed by atoms with van der Waals surface area (Å²) in [5, 5.41) is 0. The second-order valence-corrected chi connectivity index (χ2v) is 8.74. The van der Waals surface area contributed by atoms with Crippen LogP contribution in [0.15, 0.2) is 0 Å². The van der Waals surface area contributed by atoms with Crippen LogP contribution in [-0.2, 0) is 0 Å². The summed E-state index contributed by atoms with van der Waals surface area (Å²) in [6, 6.07) is 0. The fourth-order valence-electron chi connectivity index (χ4n) is 2.98. The van der Waals surface area contributed by atoms with Crippen molar-refractivity contribution in [3.63, 3.8) is 0 Å². The van der Waals surface area contributed by atoms with Gasteiger partial charge in [0.15, 0.2) is 0 Å². The van der Waals surface area contributed by atoms with Gasteiger partial charge < -0.3 is 0 Å². The largest absolute Gasteiger partial charge is 0.0628 e. The molecule has 0 unspecified atom stereocenters. The van der Waals surface area contributed by atoms with Crippen LogP contribution < -0.4 is 0 Å². The van der Waals surface area contributed by atoms with Crippen molar-refractivity contribution in [1.82, 2.24) is 0 Å². The van der Waals surface area contributed by atoms with Crippen LogP contribution in [-0.4, -0.2) is 0 Å². The van der Waals surface area contributed by atoms with Gasteiger partial charge in [-0.05, 0) is 17.8 Å². The molecule has 0 amide bonds. The van der Waals surface area contributed by atoms with E-state index in [4.69, 9.17) is 0 Å². The molecule has 0 aromatic heterocycles. The Kier molecular flexibility index (Phi) is 13.6. The molecule has 0 nitrogen and oxygen atoms in total. The zero-order valence-electron chi connectivity index (χ0n) is 16.0. The summed E-state index contributed by atoms with van der Waals surface area (Å²) in [6.07, 6.45) is 20.4. The minimum atomic E-state index is 0.537. The van der Waals surface area contributed by atoms with Gasteiger partial charge in [0.05, 0.1) is 0 Å². The Balaban J connectivity index is 3.03. The van der Waals surface area contributed by atoms with Crippen molar-refractivity contribution < 1.29 is 0 Å². The zero-order chi connectivity index (χ0) is 16.0. The maximum atomic E-state index is 2.36. The minimum absolute atomic E-state index is 0.537. The molecule has 0 radical (unpaired) electrons. The third-order valence-corrected chi connectivity index (χ3v) is 4.46. The quantitative estimate of drug-likeness (QED) is 0.284. The Morgan fingerprint density at radius 1 is 0.524 bits per heavy atom. The van der Waals surface area contributed by atoms with Crippen molar-refractivity contribution in [2.24, 2.45) is 11.3 Å². The molecule has 0 aliphatic rings. The van der Waals surface area contributed by atoms with Crippen molar-refractivity contribution in [3.8, 4) is 0 Å². The molecule has 0 aromatic rings. The summed E-state index contributed by atoms with van der Waals surface area (Å²) >= 11 is 0. The number of hydrogen-bond donors (Lipinski definition) is 0. The van der Waals surface area contributed by atoms with E-state index >= 15 is 0 Å². The van der Waals surface area contributed by atoms with E-state index in [-0.39, 0.29) is 0 Å². The average molecular weight is 297 g/mol. The molecule has 21 heavy (non-hydrogen) atoms. The van der Waals surface area contributed by atoms with E-state index in [2.05, 4.69) is 34.6 Å². The Labute approximate surface area is 136 Å². The molecule has 0 aliphatic heterocycles. The fraction of sp³-hybridized carbons (Fsp3) is 1.00. The summed E-state index contributed by atoms with van der Waals surface area (Å²) < 4.78 is 0. The van der Waals surface area contributed by atoms with Crippen LogP contribution in [0.2, 0.25) is 0 Å². The molecule has 0 heterocycles. The molecule has 0 rings (SSSR count). The van der Waals surface area contributed by atoms with E-state index < -0.39 is 0 Å². The van der Waals surface area contributed by atoms with Crippen molar-refractivity contribution in [3.05, 3.63) is 0 Å². The molecule has 0 aliphatic carbocycles. The molecule has 128 valence electrons. The van der Waals surface area contributed by atoms with Gasteiger partial charge in [-0.2, -0.15) is 0 Å². The highest BCUT2D eigenvalue weighted by Gasteiger charge is 2.08. The van der Waals surface area contributed by atoms with Gasteiger partial charge in [0, 0.05) is 0 Å². The van der Waals surface area contributed by atoms with Gasteiger partial charge in [0.25, 0.3) is 0 Å². The van der Waals surface area contributed by atoms with Crippen LogP contribution >= 0.6 is 0 Å². The van der Waals surface area contributed by atoms with Gasteiger partial charge in [-0.1, -0.05) is 118 Å². The van der Waals surface area contributed by atoms with Crippen molar-refractivity contribution in [2.75, 3.05) is 0 Å². The van der Waals surface area contributed by atoms with Crippen molar-refractivity contribution in [1.29, 1.82) is 0 Å². The van der Waals surface area contributed by atoms with Crippen LogP contribution in [0, 0.1) is 11.3 Å². The lowest BCUT2D eigenvalue weighted by Crippen LogP contribution is -2.03. The smallest absolute Gasteiger partial charge is 0.0383 e. The predicted molar refractivity (Wildman–Crippen MR) is 98.9 cm³/mol. The summed E-state index contributed by atoms with van der Waals surface area (Å²) in [5.41, 5.74) is 0.537. The molecule has 0 spiro atoms. The van der Waals surface area contributed by atoms with Crippen LogP contribution in [0.25, 0.3) is 0 Å². The van der Waals surface area contributed by atoms with Gasteiger partial charge in [-0.25, -0.2) is 0 Å². The molecule has 0 bridgehead atoms. The van der Waals surface area contributed by atoms with E-state index in [0.717, 1.165) is 5.92 Å². The SMILES string of the molecule is CC(C)CCCCCCCCCCCCCCC(C)(C)C. The lowest BCUT2D eigenvalue weighted by molar-refractivity contribution is 0.356. The summed E-state index contributed by atoms with van der Waals surface area (Å²) in [7, 11) is 0. The van der Waals surface area contributed by atoms with Crippen LogP contribution in [0.5, 0.6) is 0 Å². The molecule has 0 atom stereocenters. The molecule has 0 saturated heterocycles. The zero-order valence-corrected chi connectivity index (χ0v) is 16.0. The highest BCUT2D eigenvalue weighted by Crippen LogP contribution is 2.22. The Hall–Kier alpha value is 0. The van der Waals surface area contributed by atoms with Crippen molar-refractivity contribution >= 4 is 0 Å². The molecule has 0 saturated carbocycles. The maximum absolute atomic E-state index is 2.36. The lowest BCUT2D eigenvalue weighted by Gasteiger charge is -2.17. The topological polar surface area (TPSA) is 0 Å². The molecular formula is C21H44. The second kappa shape index (κ2) is 13.6. The molecule has 0 heteroatoms. The average Bonchev–Trinajstić information content (AvgIpc) is 2.37.